The van der Waals surface area contributed by atoms with Gasteiger partial charge in [0.2, 0.25) is 5.91 Å². The van der Waals surface area contributed by atoms with Crippen molar-refractivity contribution in [2.24, 2.45) is 5.92 Å². The van der Waals surface area contributed by atoms with Crippen LogP contribution in [0, 0.1) is 11.7 Å². The molecule has 2 aromatic rings. The SMILES string of the molecule is O=C(Nc1ccc(N2CCCN(C(=O)C3CCCC3)CC2)c(C(=O)N2CCCCC2)c1)c1ccc(F)cc1. The Morgan fingerprint density at radius 3 is 2.18 bits per heavy atom. The van der Waals surface area contributed by atoms with Crippen LogP contribution in [0.2, 0.25) is 0 Å². The lowest BCUT2D eigenvalue weighted by atomic mass is 10.1. The van der Waals surface area contributed by atoms with E-state index in [0.717, 1.165) is 83.2 Å². The summed E-state index contributed by atoms with van der Waals surface area (Å²) in [5, 5.41) is 2.87. The Morgan fingerprint density at radius 1 is 0.737 bits per heavy atom. The van der Waals surface area contributed by atoms with Crippen molar-refractivity contribution >= 4 is 29.1 Å². The summed E-state index contributed by atoms with van der Waals surface area (Å²) >= 11 is 0. The molecule has 0 aromatic heterocycles. The average Bonchev–Trinajstić information content (AvgIpc) is 3.38. The Kier molecular flexibility index (Phi) is 8.25. The highest BCUT2D eigenvalue weighted by Gasteiger charge is 2.30. The minimum Gasteiger partial charge on any atom is -0.369 e. The van der Waals surface area contributed by atoms with Gasteiger partial charge in [-0.3, -0.25) is 14.4 Å². The van der Waals surface area contributed by atoms with Crippen molar-refractivity contribution in [1.29, 1.82) is 0 Å². The Morgan fingerprint density at radius 2 is 1.45 bits per heavy atom. The van der Waals surface area contributed by atoms with Crippen LogP contribution in [-0.2, 0) is 4.79 Å². The Hall–Kier alpha value is -3.42. The molecule has 1 N–H and O–H groups in total. The normalized spacial score (nSPS) is 18.8. The van der Waals surface area contributed by atoms with E-state index in [2.05, 4.69) is 10.2 Å². The number of carbonyl (C=O) groups excluding carboxylic acids is 3. The van der Waals surface area contributed by atoms with Gasteiger partial charge in [-0.25, -0.2) is 4.39 Å². The summed E-state index contributed by atoms with van der Waals surface area (Å²) in [7, 11) is 0. The highest BCUT2D eigenvalue weighted by molar-refractivity contribution is 6.06. The van der Waals surface area contributed by atoms with Crippen LogP contribution in [0.25, 0.3) is 0 Å². The second-order valence-corrected chi connectivity index (χ2v) is 10.7. The van der Waals surface area contributed by atoms with Crippen LogP contribution in [0.3, 0.4) is 0 Å². The zero-order valence-electron chi connectivity index (χ0n) is 22.0. The molecule has 0 radical (unpaired) electrons. The maximum absolute atomic E-state index is 13.7. The van der Waals surface area contributed by atoms with E-state index in [4.69, 9.17) is 0 Å². The maximum atomic E-state index is 13.7. The third-order valence-corrected chi connectivity index (χ3v) is 8.09. The second-order valence-electron chi connectivity index (χ2n) is 10.7. The number of carbonyl (C=O) groups is 3. The van der Waals surface area contributed by atoms with Crippen molar-refractivity contribution in [1.82, 2.24) is 9.80 Å². The highest BCUT2D eigenvalue weighted by atomic mass is 19.1. The standard InChI is InChI=1S/C30H37FN4O3/c31-24-11-9-22(10-12-24)28(36)32-25-13-14-27(26(21-25)30(38)34-15-4-1-5-16-34)33-17-6-18-35(20-19-33)29(37)23-7-2-3-8-23/h9-14,21,23H,1-8,15-20H2,(H,32,36). The molecule has 38 heavy (non-hydrogen) atoms. The number of likely N-dealkylation sites (tertiary alicyclic amines) is 1. The molecule has 2 heterocycles. The number of nitrogens with zero attached hydrogens (tertiary/aromatic N) is 3. The number of rotatable bonds is 5. The van der Waals surface area contributed by atoms with Crippen molar-refractivity contribution < 1.29 is 18.8 Å². The topological polar surface area (TPSA) is 73.0 Å². The van der Waals surface area contributed by atoms with Crippen LogP contribution in [0.15, 0.2) is 42.5 Å². The predicted octanol–water partition coefficient (Wildman–Crippen LogP) is 4.93. The zero-order chi connectivity index (χ0) is 26.5. The van der Waals surface area contributed by atoms with Gasteiger partial charge >= 0.3 is 0 Å². The molecule has 2 saturated heterocycles. The summed E-state index contributed by atoms with van der Waals surface area (Å²) in [4.78, 5) is 45.7. The molecule has 3 fully saturated rings. The number of halogens is 1. The summed E-state index contributed by atoms with van der Waals surface area (Å²) in [6, 6.07) is 10.9. The molecular formula is C30H37FN4O3. The van der Waals surface area contributed by atoms with Crippen molar-refractivity contribution in [3.05, 3.63) is 59.4 Å². The molecule has 0 spiro atoms. The lowest BCUT2D eigenvalue weighted by molar-refractivity contribution is -0.135. The number of nitrogens with one attached hydrogen (secondary N) is 1. The lowest BCUT2D eigenvalue weighted by Crippen LogP contribution is -2.39. The van der Waals surface area contributed by atoms with Gasteiger partial charge in [-0.05, 0) is 81.0 Å². The van der Waals surface area contributed by atoms with E-state index in [1.165, 1.54) is 24.3 Å². The van der Waals surface area contributed by atoms with E-state index in [1.807, 2.05) is 21.9 Å². The largest absolute Gasteiger partial charge is 0.369 e. The molecule has 1 aliphatic carbocycles. The van der Waals surface area contributed by atoms with Crippen molar-refractivity contribution in [2.75, 3.05) is 49.5 Å². The van der Waals surface area contributed by atoms with Crippen LogP contribution in [0.5, 0.6) is 0 Å². The van der Waals surface area contributed by atoms with Gasteiger partial charge in [0.1, 0.15) is 5.82 Å². The van der Waals surface area contributed by atoms with Crippen LogP contribution < -0.4 is 10.2 Å². The summed E-state index contributed by atoms with van der Waals surface area (Å²) in [5.41, 5.74) is 2.28. The van der Waals surface area contributed by atoms with E-state index >= 15 is 0 Å². The fraction of sp³-hybridized carbons (Fsp3) is 0.500. The molecular weight excluding hydrogens is 483 g/mol. The smallest absolute Gasteiger partial charge is 0.256 e. The van der Waals surface area contributed by atoms with Gasteiger partial charge in [0, 0.05) is 62.1 Å². The maximum Gasteiger partial charge on any atom is 0.256 e. The Labute approximate surface area is 224 Å². The van der Waals surface area contributed by atoms with Crippen LogP contribution in [-0.4, -0.2) is 66.8 Å². The number of piperidine rings is 1. The number of hydrogen-bond donors (Lipinski definition) is 1. The lowest BCUT2D eigenvalue weighted by Gasteiger charge is -2.31. The van der Waals surface area contributed by atoms with Gasteiger partial charge in [-0.15, -0.1) is 0 Å². The van der Waals surface area contributed by atoms with Gasteiger partial charge in [-0.1, -0.05) is 12.8 Å². The summed E-state index contributed by atoms with van der Waals surface area (Å²) in [5.74, 6) is -0.332. The number of anilines is 2. The predicted molar refractivity (Wildman–Crippen MR) is 146 cm³/mol. The minimum atomic E-state index is -0.402. The average molecular weight is 521 g/mol. The number of benzene rings is 2. The molecule has 3 aliphatic rings. The van der Waals surface area contributed by atoms with E-state index < -0.39 is 5.82 Å². The summed E-state index contributed by atoms with van der Waals surface area (Å²) in [6.45, 7) is 4.28. The van der Waals surface area contributed by atoms with Crippen LogP contribution in [0.4, 0.5) is 15.8 Å². The molecule has 3 amide bonds. The minimum absolute atomic E-state index is 0.0271. The van der Waals surface area contributed by atoms with Gasteiger partial charge in [0.05, 0.1) is 5.56 Å². The van der Waals surface area contributed by atoms with Gasteiger partial charge in [0.15, 0.2) is 0 Å². The van der Waals surface area contributed by atoms with Crippen molar-refractivity contribution in [2.45, 2.75) is 51.4 Å². The number of amides is 3. The molecule has 5 rings (SSSR count). The molecule has 0 atom stereocenters. The Balaban J connectivity index is 1.36. The highest BCUT2D eigenvalue weighted by Crippen LogP contribution is 2.30. The summed E-state index contributed by atoms with van der Waals surface area (Å²) in [6.07, 6.45) is 8.23. The molecule has 2 aliphatic heterocycles. The molecule has 7 nitrogen and oxygen atoms in total. The molecule has 0 bridgehead atoms. The van der Waals surface area contributed by atoms with E-state index in [9.17, 15) is 18.8 Å². The molecule has 0 unspecified atom stereocenters. The van der Waals surface area contributed by atoms with E-state index in [-0.39, 0.29) is 23.6 Å². The number of hydrogen-bond acceptors (Lipinski definition) is 4. The molecule has 202 valence electrons. The van der Waals surface area contributed by atoms with Gasteiger partial charge < -0.3 is 20.0 Å². The Bertz CT molecular complexity index is 1160. The first-order valence-corrected chi connectivity index (χ1v) is 14.0. The third kappa shape index (κ3) is 6.00. The first-order valence-electron chi connectivity index (χ1n) is 14.0. The monoisotopic (exact) mass is 520 g/mol. The molecule has 1 saturated carbocycles. The summed E-state index contributed by atoms with van der Waals surface area (Å²) < 4.78 is 13.3. The van der Waals surface area contributed by atoms with E-state index in [1.54, 1.807) is 6.07 Å². The third-order valence-electron chi connectivity index (χ3n) is 8.09. The van der Waals surface area contributed by atoms with Crippen molar-refractivity contribution in [3.8, 4) is 0 Å². The van der Waals surface area contributed by atoms with Gasteiger partial charge in [0.25, 0.3) is 11.8 Å². The van der Waals surface area contributed by atoms with Crippen molar-refractivity contribution in [3.63, 3.8) is 0 Å². The van der Waals surface area contributed by atoms with Crippen LogP contribution >= 0.6 is 0 Å². The first-order chi connectivity index (χ1) is 18.5. The first kappa shape index (κ1) is 26.2. The molecule has 2 aromatic carbocycles. The fourth-order valence-corrected chi connectivity index (χ4v) is 5.94. The quantitative estimate of drug-likeness (QED) is 0.607. The zero-order valence-corrected chi connectivity index (χ0v) is 22.0. The van der Waals surface area contributed by atoms with E-state index in [0.29, 0.717) is 29.9 Å². The second kappa shape index (κ2) is 12.0. The van der Waals surface area contributed by atoms with Gasteiger partial charge in [-0.2, -0.15) is 0 Å². The molecule has 8 heteroatoms. The van der Waals surface area contributed by atoms with Crippen LogP contribution in [0.1, 0.15) is 72.1 Å². The fourth-order valence-electron chi connectivity index (χ4n) is 5.94.